The molecule has 1 aliphatic carbocycles. The quantitative estimate of drug-likeness (QED) is 0.177. The third kappa shape index (κ3) is 4.73. The third-order valence-corrected chi connectivity index (χ3v) is 11.8. The Kier molecular flexibility index (Phi) is 6.93. The maximum Gasteiger partial charge on any atom is 0.143 e. The first kappa shape index (κ1) is 31.7. The topological polar surface area (TPSA) is 38.9 Å². The predicted octanol–water partition coefficient (Wildman–Crippen LogP) is 14.7. The monoisotopic (exact) mass is 724 g/mol. The lowest BCUT2D eigenvalue weighted by Crippen LogP contribution is -1.94. The van der Waals surface area contributed by atoms with E-state index in [9.17, 15) is 0 Å². The van der Waals surface area contributed by atoms with E-state index in [1.165, 1.54) is 66.1 Å². The number of para-hydroxylation sites is 1. The van der Waals surface area contributed by atoms with Gasteiger partial charge in [0.05, 0.1) is 0 Å². The van der Waals surface area contributed by atoms with Gasteiger partial charge in [-0.3, -0.25) is 9.97 Å². The van der Waals surface area contributed by atoms with Gasteiger partial charge in [-0.2, -0.15) is 0 Å². The number of nitrogens with zero attached hydrogens (tertiary/aromatic N) is 2. The first-order valence-electron chi connectivity index (χ1n) is 19.4. The zero-order valence-electron chi connectivity index (χ0n) is 30.8. The van der Waals surface area contributed by atoms with Crippen molar-refractivity contribution in [2.75, 3.05) is 0 Å². The Morgan fingerprint density at radius 3 is 1.47 bits per heavy atom. The highest BCUT2D eigenvalue weighted by molar-refractivity contribution is 6.28. The van der Waals surface area contributed by atoms with Crippen molar-refractivity contribution in [3.63, 3.8) is 0 Å². The van der Waals surface area contributed by atoms with E-state index in [-0.39, 0.29) is 0 Å². The second kappa shape index (κ2) is 12.5. The molecular weight excluding hydrogens is 693 g/mol. The maximum atomic E-state index is 6.59. The summed E-state index contributed by atoms with van der Waals surface area (Å²) in [5, 5.41) is 7.20. The van der Waals surface area contributed by atoms with Crippen LogP contribution in [-0.2, 0) is 0 Å². The van der Waals surface area contributed by atoms with Crippen LogP contribution in [0.15, 0.2) is 199 Å². The molecule has 11 aromatic rings. The molecule has 0 bridgehead atoms. The molecule has 1 aliphatic rings. The Balaban J connectivity index is 1.05. The molecule has 0 saturated carbocycles. The first-order valence-corrected chi connectivity index (χ1v) is 19.4. The minimum Gasteiger partial charge on any atom is -0.455 e. The van der Waals surface area contributed by atoms with Crippen molar-refractivity contribution in [2.24, 2.45) is 0 Å². The van der Waals surface area contributed by atoms with Crippen LogP contribution in [0.1, 0.15) is 0 Å². The lowest BCUT2D eigenvalue weighted by molar-refractivity contribution is 0.670. The van der Waals surface area contributed by atoms with Gasteiger partial charge in [-0.05, 0) is 107 Å². The Bertz CT molecular complexity index is 3280. The van der Waals surface area contributed by atoms with Crippen molar-refractivity contribution >= 4 is 43.5 Å². The van der Waals surface area contributed by atoms with E-state index in [0.29, 0.717) is 0 Å². The molecule has 0 N–H and O–H groups in total. The molecule has 0 unspecified atom stereocenters. The molecule has 12 rings (SSSR count). The van der Waals surface area contributed by atoms with E-state index in [4.69, 9.17) is 4.42 Å². The Morgan fingerprint density at radius 1 is 0.298 bits per heavy atom. The van der Waals surface area contributed by atoms with Gasteiger partial charge in [0, 0.05) is 52.3 Å². The maximum absolute atomic E-state index is 6.59. The average molecular weight is 725 g/mol. The molecule has 264 valence electrons. The van der Waals surface area contributed by atoms with E-state index in [2.05, 4.69) is 162 Å². The SMILES string of the molecule is c1ccc(-c2ccc(-c3ccc(-c4ccc5c6c(cccc46)-c4c-5c(-c5cccnc5)c5ccccc5c4-c4cccnc4)cc3)c3c2oc2ccccc23)cc1. The highest BCUT2D eigenvalue weighted by Crippen LogP contribution is 2.58. The van der Waals surface area contributed by atoms with Crippen molar-refractivity contribution in [3.8, 4) is 77.9 Å². The summed E-state index contributed by atoms with van der Waals surface area (Å²) in [5.41, 5.74) is 18.4. The van der Waals surface area contributed by atoms with Gasteiger partial charge in [-0.1, -0.05) is 146 Å². The number of furan rings is 1. The largest absolute Gasteiger partial charge is 0.455 e. The van der Waals surface area contributed by atoms with Crippen molar-refractivity contribution in [1.29, 1.82) is 0 Å². The fourth-order valence-corrected chi connectivity index (χ4v) is 9.42. The lowest BCUT2D eigenvalue weighted by atomic mass is 9.83. The van der Waals surface area contributed by atoms with Crippen LogP contribution in [0.2, 0.25) is 0 Å². The van der Waals surface area contributed by atoms with Crippen LogP contribution in [-0.4, -0.2) is 9.97 Å². The first-order chi connectivity index (χ1) is 28.3. The van der Waals surface area contributed by atoms with E-state index in [0.717, 1.165) is 55.3 Å². The molecule has 8 aromatic carbocycles. The number of hydrogen-bond acceptors (Lipinski definition) is 3. The van der Waals surface area contributed by atoms with Crippen molar-refractivity contribution in [1.82, 2.24) is 9.97 Å². The number of hydrogen-bond donors (Lipinski definition) is 0. The van der Waals surface area contributed by atoms with Crippen LogP contribution >= 0.6 is 0 Å². The third-order valence-electron chi connectivity index (χ3n) is 11.8. The second-order valence-electron chi connectivity index (χ2n) is 14.8. The number of pyridine rings is 2. The Morgan fingerprint density at radius 2 is 0.807 bits per heavy atom. The van der Waals surface area contributed by atoms with Gasteiger partial charge in [0.25, 0.3) is 0 Å². The van der Waals surface area contributed by atoms with Gasteiger partial charge in [-0.25, -0.2) is 0 Å². The van der Waals surface area contributed by atoms with E-state index in [1.807, 2.05) is 43.0 Å². The predicted molar refractivity (Wildman–Crippen MR) is 236 cm³/mol. The summed E-state index contributed by atoms with van der Waals surface area (Å²) >= 11 is 0. The van der Waals surface area contributed by atoms with Gasteiger partial charge in [0.2, 0.25) is 0 Å². The van der Waals surface area contributed by atoms with Gasteiger partial charge >= 0.3 is 0 Å². The van der Waals surface area contributed by atoms with Crippen LogP contribution in [0.4, 0.5) is 0 Å². The van der Waals surface area contributed by atoms with E-state index >= 15 is 0 Å². The molecular formula is C54H32N2O. The minimum absolute atomic E-state index is 0.897. The Hall–Kier alpha value is -7.62. The summed E-state index contributed by atoms with van der Waals surface area (Å²) in [6, 6.07) is 61.1. The van der Waals surface area contributed by atoms with Gasteiger partial charge < -0.3 is 4.42 Å². The van der Waals surface area contributed by atoms with Crippen LogP contribution in [0, 0.1) is 0 Å². The second-order valence-corrected chi connectivity index (χ2v) is 14.8. The molecule has 57 heavy (non-hydrogen) atoms. The molecule has 0 saturated heterocycles. The smallest absolute Gasteiger partial charge is 0.143 e. The van der Waals surface area contributed by atoms with Gasteiger partial charge in [-0.15, -0.1) is 0 Å². The number of rotatable bonds is 5. The van der Waals surface area contributed by atoms with Gasteiger partial charge in [0.1, 0.15) is 11.2 Å². The molecule has 3 heterocycles. The summed E-state index contributed by atoms with van der Waals surface area (Å²) in [6.45, 7) is 0. The molecule has 0 fully saturated rings. The molecule has 3 heteroatoms. The fourth-order valence-electron chi connectivity index (χ4n) is 9.42. The van der Waals surface area contributed by atoms with Crippen LogP contribution < -0.4 is 0 Å². The summed E-state index contributed by atoms with van der Waals surface area (Å²) in [5.74, 6) is 0. The highest BCUT2D eigenvalue weighted by Gasteiger charge is 2.31. The van der Waals surface area contributed by atoms with Crippen molar-refractivity contribution < 1.29 is 4.42 Å². The van der Waals surface area contributed by atoms with E-state index < -0.39 is 0 Å². The summed E-state index contributed by atoms with van der Waals surface area (Å²) < 4.78 is 6.59. The van der Waals surface area contributed by atoms with Crippen molar-refractivity contribution in [3.05, 3.63) is 195 Å². The van der Waals surface area contributed by atoms with Crippen molar-refractivity contribution in [2.45, 2.75) is 0 Å². The molecule has 0 atom stereocenters. The van der Waals surface area contributed by atoms with Crippen LogP contribution in [0.5, 0.6) is 0 Å². The van der Waals surface area contributed by atoms with Crippen LogP contribution in [0.3, 0.4) is 0 Å². The molecule has 3 aromatic heterocycles. The fraction of sp³-hybridized carbons (Fsp3) is 0. The molecule has 0 aliphatic heterocycles. The molecule has 0 amide bonds. The molecule has 3 nitrogen and oxygen atoms in total. The van der Waals surface area contributed by atoms with E-state index in [1.54, 1.807) is 0 Å². The number of aromatic nitrogens is 2. The number of fused-ring (bicyclic) bond motifs is 7. The molecule has 0 spiro atoms. The normalized spacial score (nSPS) is 11.9. The van der Waals surface area contributed by atoms with Crippen LogP contribution in [0.25, 0.3) is 121 Å². The minimum atomic E-state index is 0.897. The lowest BCUT2D eigenvalue weighted by Gasteiger charge is -2.20. The zero-order valence-corrected chi connectivity index (χ0v) is 30.8. The van der Waals surface area contributed by atoms with Gasteiger partial charge in [0.15, 0.2) is 0 Å². The summed E-state index contributed by atoms with van der Waals surface area (Å²) in [7, 11) is 0. The summed E-state index contributed by atoms with van der Waals surface area (Å²) in [6.07, 6.45) is 7.69. The average Bonchev–Trinajstić information content (AvgIpc) is 3.84. The Labute approximate surface area is 329 Å². The number of benzene rings is 8. The molecule has 0 radical (unpaired) electrons. The zero-order chi connectivity index (χ0) is 37.5. The standard InChI is InChI=1S/C54H32N2O/c1-2-11-33(12-3-1)40-27-26-39(51-44-17-6-7-20-47(44)57-54(40)51)35-23-21-34(22-24-35)38-25-28-46-50-41(38)18-8-19-45(50)52-48(36-13-9-29-55-31-36)42-15-4-5-16-43(42)49(53(46)52)37-14-10-30-56-32-37/h1-32H. The summed E-state index contributed by atoms with van der Waals surface area (Å²) in [4.78, 5) is 9.17. The highest BCUT2D eigenvalue weighted by atomic mass is 16.3.